The summed E-state index contributed by atoms with van der Waals surface area (Å²) in [5.41, 5.74) is 1.08. The van der Waals surface area contributed by atoms with Gasteiger partial charge in [-0.05, 0) is 25.3 Å². The molecule has 0 N–H and O–H groups in total. The van der Waals surface area contributed by atoms with Crippen molar-refractivity contribution >= 4 is 15.9 Å². The molecule has 1 saturated heterocycles. The minimum Gasteiger partial charge on any atom is -0.339 e. The molecule has 1 aromatic carbocycles. The lowest BCUT2D eigenvalue weighted by Crippen LogP contribution is -2.46. The molecule has 6 heteroatoms. The highest BCUT2D eigenvalue weighted by Crippen LogP contribution is 2.25. The molecule has 2 atom stereocenters. The second-order valence-corrected chi connectivity index (χ2v) is 7.98. The lowest BCUT2D eigenvalue weighted by atomic mass is 9.97. The topological polar surface area (TPSA) is 57.7 Å². The molecule has 0 spiro atoms. The second-order valence-electron chi connectivity index (χ2n) is 6.00. The number of hydrogen-bond donors (Lipinski definition) is 0. The normalized spacial score (nSPS) is 21.3. The van der Waals surface area contributed by atoms with Crippen LogP contribution >= 0.6 is 0 Å². The molecule has 0 bridgehead atoms. The van der Waals surface area contributed by atoms with Crippen molar-refractivity contribution in [1.82, 2.24) is 9.21 Å². The van der Waals surface area contributed by atoms with Crippen molar-refractivity contribution < 1.29 is 13.2 Å². The van der Waals surface area contributed by atoms with Crippen molar-refractivity contribution in [3.63, 3.8) is 0 Å². The van der Waals surface area contributed by atoms with Crippen LogP contribution in [-0.2, 0) is 14.8 Å². The van der Waals surface area contributed by atoms with E-state index in [4.69, 9.17) is 0 Å². The molecule has 1 amide bonds. The Hall–Kier alpha value is -1.40. The number of hydrogen-bond acceptors (Lipinski definition) is 3. The Balaban J connectivity index is 2.07. The molecule has 1 aliphatic heterocycles. The number of piperidine rings is 1. The fourth-order valence-electron chi connectivity index (χ4n) is 2.88. The number of amides is 1. The Kier molecular flexibility index (Phi) is 5.24. The van der Waals surface area contributed by atoms with Gasteiger partial charge in [-0.3, -0.25) is 4.79 Å². The highest BCUT2D eigenvalue weighted by Gasteiger charge is 2.32. The maximum atomic E-state index is 12.7. The monoisotopic (exact) mass is 324 g/mol. The van der Waals surface area contributed by atoms with Gasteiger partial charge in [-0.25, -0.2) is 12.7 Å². The minimum absolute atomic E-state index is 0.0182. The molecule has 0 saturated carbocycles. The van der Waals surface area contributed by atoms with Crippen LogP contribution < -0.4 is 0 Å². The van der Waals surface area contributed by atoms with Crippen LogP contribution in [0.15, 0.2) is 30.3 Å². The fraction of sp³-hybridized carbons (Fsp3) is 0.562. The van der Waals surface area contributed by atoms with Crippen molar-refractivity contribution in [2.45, 2.75) is 25.8 Å². The van der Waals surface area contributed by atoms with Crippen molar-refractivity contribution in [2.24, 2.45) is 5.92 Å². The summed E-state index contributed by atoms with van der Waals surface area (Å²) in [6, 6.07) is 9.83. The van der Waals surface area contributed by atoms with E-state index in [1.807, 2.05) is 37.3 Å². The first kappa shape index (κ1) is 17.0. The lowest BCUT2D eigenvalue weighted by Gasteiger charge is -2.34. The minimum atomic E-state index is -3.23. The molecular formula is C16H24N2O3S. The average molecular weight is 324 g/mol. The molecule has 0 aliphatic carbocycles. The third kappa shape index (κ3) is 3.87. The van der Waals surface area contributed by atoms with Gasteiger partial charge in [-0.2, -0.15) is 0 Å². The molecule has 1 heterocycles. The zero-order valence-electron chi connectivity index (χ0n) is 13.4. The molecule has 0 aromatic heterocycles. The lowest BCUT2D eigenvalue weighted by molar-refractivity contribution is -0.137. The largest absolute Gasteiger partial charge is 0.339 e. The Bertz CT molecular complexity index is 616. The number of sulfonamides is 1. The number of benzene rings is 1. The van der Waals surface area contributed by atoms with Crippen LogP contribution in [0.2, 0.25) is 0 Å². The van der Waals surface area contributed by atoms with Gasteiger partial charge >= 0.3 is 0 Å². The number of carbonyl (C=O) groups excluding carboxylic acids is 1. The van der Waals surface area contributed by atoms with E-state index < -0.39 is 10.0 Å². The maximum absolute atomic E-state index is 12.7. The zero-order chi connectivity index (χ0) is 16.3. The smallest absolute Gasteiger partial charge is 0.227 e. The average Bonchev–Trinajstić information content (AvgIpc) is 2.53. The Labute approximate surface area is 133 Å². The number of rotatable bonds is 4. The Morgan fingerprint density at radius 3 is 2.55 bits per heavy atom. The molecule has 122 valence electrons. The van der Waals surface area contributed by atoms with Crippen LogP contribution in [0.5, 0.6) is 0 Å². The summed E-state index contributed by atoms with van der Waals surface area (Å²) < 4.78 is 24.8. The SMILES string of the molecule is C[C@H](c1ccccc1)N(C)C(=O)[C@H]1CCCN(S(C)(=O)=O)C1. The summed E-state index contributed by atoms with van der Waals surface area (Å²) >= 11 is 0. The van der Waals surface area contributed by atoms with Crippen LogP contribution in [0.3, 0.4) is 0 Å². The third-order valence-electron chi connectivity index (χ3n) is 4.41. The zero-order valence-corrected chi connectivity index (χ0v) is 14.2. The van der Waals surface area contributed by atoms with Gasteiger partial charge in [0, 0.05) is 20.1 Å². The maximum Gasteiger partial charge on any atom is 0.227 e. The summed E-state index contributed by atoms with van der Waals surface area (Å²) in [5, 5.41) is 0. The summed E-state index contributed by atoms with van der Waals surface area (Å²) in [5.74, 6) is -0.232. The highest BCUT2D eigenvalue weighted by atomic mass is 32.2. The highest BCUT2D eigenvalue weighted by molar-refractivity contribution is 7.88. The number of nitrogens with zero attached hydrogens (tertiary/aromatic N) is 2. The molecule has 1 fully saturated rings. The predicted molar refractivity (Wildman–Crippen MR) is 86.8 cm³/mol. The van der Waals surface area contributed by atoms with Crippen molar-refractivity contribution in [2.75, 3.05) is 26.4 Å². The first-order valence-corrected chi connectivity index (χ1v) is 9.42. The van der Waals surface area contributed by atoms with Crippen LogP contribution in [0, 0.1) is 5.92 Å². The van der Waals surface area contributed by atoms with E-state index in [1.54, 1.807) is 11.9 Å². The van der Waals surface area contributed by atoms with Gasteiger partial charge in [0.15, 0.2) is 0 Å². The van der Waals surface area contributed by atoms with Crippen molar-refractivity contribution in [1.29, 1.82) is 0 Å². The van der Waals surface area contributed by atoms with E-state index in [1.165, 1.54) is 10.6 Å². The van der Waals surface area contributed by atoms with E-state index in [-0.39, 0.29) is 17.9 Å². The summed E-state index contributed by atoms with van der Waals surface area (Å²) in [4.78, 5) is 14.4. The van der Waals surface area contributed by atoms with Crippen LogP contribution in [0.4, 0.5) is 0 Å². The quantitative estimate of drug-likeness (QED) is 0.850. The molecule has 5 nitrogen and oxygen atoms in total. The van der Waals surface area contributed by atoms with Crippen molar-refractivity contribution in [3.8, 4) is 0 Å². The van der Waals surface area contributed by atoms with Gasteiger partial charge < -0.3 is 4.90 Å². The summed E-state index contributed by atoms with van der Waals surface area (Å²) in [6.07, 6.45) is 2.68. The van der Waals surface area contributed by atoms with E-state index in [2.05, 4.69) is 0 Å². The van der Waals surface area contributed by atoms with E-state index >= 15 is 0 Å². The first-order valence-electron chi connectivity index (χ1n) is 7.57. The molecule has 0 radical (unpaired) electrons. The van der Waals surface area contributed by atoms with Crippen LogP contribution in [-0.4, -0.2) is 49.9 Å². The van der Waals surface area contributed by atoms with Gasteiger partial charge in [0.1, 0.15) is 0 Å². The molecule has 0 unspecified atom stereocenters. The fourth-order valence-corrected chi connectivity index (χ4v) is 3.79. The van der Waals surface area contributed by atoms with Gasteiger partial charge in [-0.1, -0.05) is 30.3 Å². The molecule has 1 aromatic rings. The van der Waals surface area contributed by atoms with E-state index in [0.717, 1.165) is 18.4 Å². The molecule has 1 aliphatic rings. The number of carbonyl (C=O) groups is 1. The predicted octanol–water partition coefficient (Wildman–Crippen LogP) is 1.88. The van der Waals surface area contributed by atoms with E-state index in [0.29, 0.717) is 13.1 Å². The first-order chi connectivity index (χ1) is 10.3. The standard InChI is InChI=1S/C16H24N2O3S/c1-13(14-8-5-4-6-9-14)17(2)16(19)15-10-7-11-18(12-15)22(3,20)21/h4-6,8-9,13,15H,7,10-12H2,1-3H3/t13-,15+/m1/s1. The molecule has 2 rings (SSSR count). The Morgan fingerprint density at radius 1 is 1.32 bits per heavy atom. The van der Waals surface area contributed by atoms with Gasteiger partial charge in [-0.15, -0.1) is 0 Å². The van der Waals surface area contributed by atoms with E-state index in [9.17, 15) is 13.2 Å². The summed E-state index contributed by atoms with van der Waals surface area (Å²) in [6.45, 7) is 2.80. The van der Waals surface area contributed by atoms with Crippen LogP contribution in [0.1, 0.15) is 31.4 Å². The Morgan fingerprint density at radius 2 is 1.95 bits per heavy atom. The van der Waals surface area contributed by atoms with Gasteiger partial charge in [0.25, 0.3) is 0 Å². The molecule has 22 heavy (non-hydrogen) atoms. The van der Waals surface area contributed by atoms with Gasteiger partial charge in [0.05, 0.1) is 18.2 Å². The third-order valence-corrected chi connectivity index (χ3v) is 5.68. The summed E-state index contributed by atoms with van der Waals surface area (Å²) in [7, 11) is -1.44. The van der Waals surface area contributed by atoms with Gasteiger partial charge in [0.2, 0.25) is 15.9 Å². The van der Waals surface area contributed by atoms with Crippen LogP contribution in [0.25, 0.3) is 0 Å². The molecular weight excluding hydrogens is 300 g/mol. The van der Waals surface area contributed by atoms with Crippen molar-refractivity contribution in [3.05, 3.63) is 35.9 Å². The second kappa shape index (κ2) is 6.79.